The SMILES string of the molecule is O=C(c1ccc(Cl)c(Cl)c1)N1CCc2nn3c(c2C1)-c1nccn1CCC3. The Morgan fingerprint density at radius 1 is 1.11 bits per heavy atom. The molecule has 0 saturated carbocycles. The molecule has 0 bridgehead atoms. The highest BCUT2D eigenvalue weighted by atomic mass is 35.5. The van der Waals surface area contributed by atoms with Gasteiger partial charge in [0, 0.05) is 49.6 Å². The van der Waals surface area contributed by atoms with Crippen LogP contribution in [0.1, 0.15) is 28.0 Å². The fourth-order valence-corrected chi connectivity index (χ4v) is 4.22. The molecule has 0 fully saturated rings. The van der Waals surface area contributed by atoms with Crippen LogP contribution in [-0.4, -0.2) is 36.7 Å². The van der Waals surface area contributed by atoms with Gasteiger partial charge in [0.2, 0.25) is 0 Å². The van der Waals surface area contributed by atoms with Gasteiger partial charge in [0.25, 0.3) is 5.91 Å². The Hall–Kier alpha value is -2.31. The van der Waals surface area contributed by atoms with Gasteiger partial charge in [0.15, 0.2) is 5.82 Å². The summed E-state index contributed by atoms with van der Waals surface area (Å²) in [5.74, 6) is 0.890. The van der Waals surface area contributed by atoms with Gasteiger partial charge in [-0.2, -0.15) is 5.10 Å². The largest absolute Gasteiger partial charge is 0.334 e. The number of rotatable bonds is 1. The predicted octanol–water partition coefficient (Wildman–Crippen LogP) is 3.66. The highest BCUT2D eigenvalue weighted by Gasteiger charge is 2.30. The first kappa shape index (κ1) is 16.8. The van der Waals surface area contributed by atoms with Crippen molar-refractivity contribution in [3.05, 3.63) is 57.5 Å². The van der Waals surface area contributed by atoms with Crippen molar-refractivity contribution in [1.29, 1.82) is 0 Å². The van der Waals surface area contributed by atoms with Crippen molar-refractivity contribution in [2.45, 2.75) is 32.5 Å². The molecule has 0 radical (unpaired) electrons. The van der Waals surface area contributed by atoms with Gasteiger partial charge >= 0.3 is 0 Å². The maximum Gasteiger partial charge on any atom is 0.254 e. The minimum Gasteiger partial charge on any atom is -0.334 e. The van der Waals surface area contributed by atoms with Gasteiger partial charge in [-0.1, -0.05) is 23.2 Å². The Kier molecular flexibility index (Phi) is 3.98. The molecule has 1 aromatic carbocycles. The van der Waals surface area contributed by atoms with E-state index in [0.717, 1.165) is 48.7 Å². The van der Waals surface area contributed by atoms with Crippen molar-refractivity contribution in [3.8, 4) is 11.5 Å². The number of nitrogens with zero attached hydrogens (tertiary/aromatic N) is 5. The molecule has 27 heavy (non-hydrogen) atoms. The van der Waals surface area contributed by atoms with E-state index in [1.807, 2.05) is 17.3 Å². The average Bonchev–Trinajstić information content (AvgIpc) is 3.23. The first-order chi connectivity index (χ1) is 13.1. The van der Waals surface area contributed by atoms with Crippen LogP contribution >= 0.6 is 23.2 Å². The molecule has 0 aliphatic carbocycles. The number of halogens is 2. The van der Waals surface area contributed by atoms with E-state index in [2.05, 4.69) is 14.2 Å². The van der Waals surface area contributed by atoms with Gasteiger partial charge in [-0.3, -0.25) is 9.48 Å². The van der Waals surface area contributed by atoms with Crippen LogP contribution in [0.15, 0.2) is 30.6 Å². The van der Waals surface area contributed by atoms with Crippen molar-refractivity contribution < 1.29 is 4.79 Å². The molecule has 0 saturated heterocycles. The van der Waals surface area contributed by atoms with Crippen molar-refractivity contribution in [1.82, 2.24) is 24.2 Å². The number of amides is 1. The fourth-order valence-electron chi connectivity index (χ4n) is 3.92. The standard InChI is InChI=1S/C19H17Cl2N5O/c20-14-3-2-12(10-15(14)21)19(27)25-8-4-16-13(11-25)17-18-22-5-9-24(18)6-1-7-26(17)23-16/h2-3,5,9-10H,1,4,6-8,11H2. The highest BCUT2D eigenvalue weighted by Crippen LogP contribution is 2.32. The van der Waals surface area contributed by atoms with Crippen LogP contribution < -0.4 is 0 Å². The summed E-state index contributed by atoms with van der Waals surface area (Å²) >= 11 is 12.1. The lowest BCUT2D eigenvalue weighted by molar-refractivity contribution is 0.0734. The summed E-state index contributed by atoms with van der Waals surface area (Å²) in [5, 5.41) is 5.65. The minimum absolute atomic E-state index is 0.0452. The van der Waals surface area contributed by atoms with E-state index in [-0.39, 0.29) is 5.91 Å². The second-order valence-corrected chi connectivity index (χ2v) is 7.71. The Bertz CT molecular complexity index is 1050. The molecule has 0 spiro atoms. The highest BCUT2D eigenvalue weighted by molar-refractivity contribution is 6.42. The summed E-state index contributed by atoms with van der Waals surface area (Å²) < 4.78 is 4.23. The quantitative estimate of drug-likeness (QED) is 0.625. The number of imidazole rings is 1. The van der Waals surface area contributed by atoms with Gasteiger partial charge in [-0.15, -0.1) is 0 Å². The van der Waals surface area contributed by atoms with Crippen LogP contribution in [0, 0.1) is 0 Å². The molecule has 138 valence electrons. The number of aryl methyl sites for hydroxylation is 2. The van der Waals surface area contributed by atoms with E-state index >= 15 is 0 Å². The molecule has 1 amide bonds. The fraction of sp³-hybridized carbons (Fsp3) is 0.316. The molecular weight excluding hydrogens is 385 g/mol. The molecule has 3 aromatic rings. The molecule has 5 rings (SSSR count). The molecule has 6 nitrogen and oxygen atoms in total. The van der Waals surface area contributed by atoms with Crippen molar-refractivity contribution >= 4 is 29.1 Å². The number of hydrogen-bond donors (Lipinski definition) is 0. The summed E-state index contributed by atoms with van der Waals surface area (Å²) in [6.07, 6.45) is 5.59. The van der Waals surface area contributed by atoms with Gasteiger partial charge in [0.1, 0.15) is 5.69 Å². The van der Waals surface area contributed by atoms with Crippen LogP contribution in [-0.2, 0) is 26.1 Å². The van der Waals surface area contributed by atoms with Crippen LogP contribution in [0.3, 0.4) is 0 Å². The Morgan fingerprint density at radius 2 is 2.00 bits per heavy atom. The predicted molar refractivity (Wildman–Crippen MR) is 103 cm³/mol. The smallest absolute Gasteiger partial charge is 0.254 e. The van der Waals surface area contributed by atoms with E-state index in [1.165, 1.54) is 0 Å². The Labute approximate surface area is 166 Å². The van der Waals surface area contributed by atoms with Crippen LogP contribution in [0.2, 0.25) is 10.0 Å². The molecule has 0 N–H and O–H groups in total. The topological polar surface area (TPSA) is 56.0 Å². The molecule has 0 atom stereocenters. The monoisotopic (exact) mass is 401 g/mol. The molecule has 2 aliphatic rings. The number of fused-ring (bicyclic) bond motifs is 5. The lowest BCUT2D eigenvalue weighted by atomic mass is 10.0. The lowest BCUT2D eigenvalue weighted by Gasteiger charge is -2.27. The zero-order chi connectivity index (χ0) is 18.5. The number of benzene rings is 1. The minimum atomic E-state index is -0.0452. The summed E-state index contributed by atoms with van der Waals surface area (Å²) in [6.45, 7) is 2.96. The molecule has 0 unspecified atom stereocenters. The third-order valence-electron chi connectivity index (χ3n) is 5.25. The van der Waals surface area contributed by atoms with Crippen molar-refractivity contribution in [2.75, 3.05) is 6.54 Å². The van der Waals surface area contributed by atoms with E-state index < -0.39 is 0 Å². The number of aromatic nitrogens is 4. The Balaban J connectivity index is 1.51. The number of carbonyl (C=O) groups excluding carboxylic acids is 1. The maximum atomic E-state index is 13.0. The summed E-state index contributed by atoms with van der Waals surface area (Å²) in [4.78, 5) is 19.4. The number of hydrogen-bond acceptors (Lipinski definition) is 3. The second-order valence-electron chi connectivity index (χ2n) is 6.90. The summed E-state index contributed by atoms with van der Waals surface area (Å²) in [7, 11) is 0. The van der Waals surface area contributed by atoms with Crippen molar-refractivity contribution in [2.24, 2.45) is 0 Å². The molecule has 4 heterocycles. The van der Waals surface area contributed by atoms with Crippen LogP contribution in [0.4, 0.5) is 0 Å². The van der Waals surface area contributed by atoms with E-state index in [0.29, 0.717) is 28.7 Å². The van der Waals surface area contributed by atoms with Gasteiger partial charge < -0.3 is 9.47 Å². The zero-order valence-corrected chi connectivity index (χ0v) is 16.0. The van der Waals surface area contributed by atoms with E-state index in [9.17, 15) is 4.79 Å². The zero-order valence-electron chi connectivity index (χ0n) is 14.5. The second kappa shape index (κ2) is 6.39. The normalized spacial score (nSPS) is 15.7. The van der Waals surface area contributed by atoms with Crippen molar-refractivity contribution in [3.63, 3.8) is 0 Å². The van der Waals surface area contributed by atoms with E-state index in [4.69, 9.17) is 28.3 Å². The first-order valence-electron chi connectivity index (χ1n) is 8.96. The van der Waals surface area contributed by atoms with Crippen LogP contribution in [0.25, 0.3) is 11.5 Å². The third kappa shape index (κ3) is 2.75. The number of carbonyl (C=O) groups is 1. The molecule has 8 heteroatoms. The molecular formula is C19H17Cl2N5O. The lowest BCUT2D eigenvalue weighted by Crippen LogP contribution is -2.36. The first-order valence-corrected chi connectivity index (χ1v) is 9.72. The van der Waals surface area contributed by atoms with Gasteiger partial charge in [0.05, 0.1) is 22.3 Å². The maximum absolute atomic E-state index is 13.0. The summed E-state index contributed by atoms with van der Waals surface area (Å²) in [5.41, 5.74) is 3.76. The molecule has 2 aromatic heterocycles. The van der Waals surface area contributed by atoms with E-state index in [1.54, 1.807) is 18.2 Å². The molecule has 2 aliphatic heterocycles. The Morgan fingerprint density at radius 3 is 2.85 bits per heavy atom. The van der Waals surface area contributed by atoms with Gasteiger partial charge in [-0.25, -0.2) is 4.98 Å². The van der Waals surface area contributed by atoms with Gasteiger partial charge in [-0.05, 0) is 24.6 Å². The average molecular weight is 402 g/mol. The van der Waals surface area contributed by atoms with Crippen LogP contribution in [0.5, 0.6) is 0 Å². The third-order valence-corrected chi connectivity index (χ3v) is 5.99. The summed E-state index contributed by atoms with van der Waals surface area (Å²) in [6, 6.07) is 5.01.